The maximum absolute atomic E-state index is 12.2. The zero-order chi connectivity index (χ0) is 20.4. The molecule has 0 saturated heterocycles. The summed E-state index contributed by atoms with van der Waals surface area (Å²) < 4.78 is 5.83. The molecular formula is C21H20Cl2N2O2S. The van der Waals surface area contributed by atoms with Gasteiger partial charge in [-0.05, 0) is 55.9 Å². The summed E-state index contributed by atoms with van der Waals surface area (Å²) in [6.07, 6.45) is 0. The fraction of sp³-hybridized carbons (Fsp3) is 0.238. The predicted molar refractivity (Wildman–Crippen MR) is 117 cm³/mol. The summed E-state index contributed by atoms with van der Waals surface area (Å²) in [5.74, 6) is 0.720. The van der Waals surface area contributed by atoms with Gasteiger partial charge in [-0.1, -0.05) is 41.4 Å². The zero-order valence-corrected chi connectivity index (χ0v) is 18.1. The van der Waals surface area contributed by atoms with Crippen molar-refractivity contribution in [2.24, 2.45) is 0 Å². The molecule has 1 aliphatic heterocycles. The molecule has 0 bridgehead atoms. The largest absolute Gasteiger partial charge is 0.489 e. The highest BCUT2D eigenvalue weighted by molar-refractivity contribution is 7.80. The average Bonchev–Trinajstić information content (AvgIpc) is 2.65. The van der Waals surface area contributed by atoms with Gasteiger partial charge in [-0.15, -0.1) is 0 Å². The Morgan fingerprint density at radius 1 is 1.21 bits per heavy atom. The van der Waals surface area contributed by atoms with Gasteiger partial charge in [0.15, 0.2) is 10.9 Å². The first-order chi connectivity index (χ1) is 13.3. The lowest BCUT2D eigenvalue weighted by molar-refractivity contribution is -0.114. The highest BCUT2D eigenvalue weighted by Crippen LogP contribution is 2.31. The number of carbonyl (C=O) groups is 1. The summed E-state index contributed by atoms with van der Waals surface area (Å²) >= 11 is 17.5. The number of carbonyl (C=O) groups excluding carboxylic acids is 1. The van der Waals surface area contributed by atoms with E-state index in [-0.39, 0.29) is 11.8 Å². The minimum absolute atomic E-state index is 0.0158. The van der Waals surface area contributed by atoms with Crippen LogP contribution in [0.3, 0.4) is 0 Å². The number of nitrogens with one attached hydrogen (secondary N) is 1. The Bertz CT molecular complexity index is 957. The molecule has 0 radical (unpaired) electrons. The number of ketones is 1. The van der Waals surface area contributed by atoms with E-state index in [0.29, 0.717) is 33.1 Å². The molecule has 2 aromatic rings. The van der Waals surface area contributed by atoms with E-state index in [4.69, 9.17) is 40.2 Å². The number of hydrogen-bond acceptors (Lipinski definition) is 3. The van der Waals surface area contributed by atoms with Crippen LogP contribution in [0.2, 0.25) is 10.0 Å². The van der Waals surface area contributed by atoms with Crippen LogP contribution < -0.4 is 10.1 Å². The van der Waals surface area contributed by atoms with Crippen LogP contribution in [0, 0.1) is 0 Å². The standard InChI is InChI=1S/C21H20Cl2N2O2S/c1-12-19(13(2)26)20(24-21(28)25(12)3)14-5-8-17(9-6-14)27-11-15-4-7-16(22)10-18(15)23/h4-10,20H,11H2,1-3H3,(H,24,28). The molecule has 1 aliphatic rings. The van der Waals surface area contributed by atoms with Crippen molar-refractivity contribution in [3.05, 3.63) is 74.9 Å². The number of Topliss-reactive ketones (excluding diaryl/α,β-unsaturated/α-hetero) is 1. The van der Waals surface area contributed by atoms with E-state index in [1.165, 1.54) is 0 Å². The van der Waals surface area contributed by atoms with Crippen molar-refractivity contribution < 1.29 is 9.53 Å². The number of rotatable bonds is 5. The van der Waals surface area contributed by atoms with Gasteiger partial charge in [-0.25, -0.2) is 0 Å². The number of halogens is 2. The molecule has 0 aliphatic carbocycles. The third-order valence-corrected chi connectivity index (χ3v) is 5.73. The first-order valence-corrected chi connectivity index (χ1v) is 9.87. The zero-order valence-electron chi connectivity index (χ0n) is 15.8. The number of hydrogen-bond donors (Lipinski definition) is 1. The second-order valence-electron chi connectivity index (χ2n) is 6.59. The number of allylic oxidation sites excluding steroid dienone is 1. The first-order valence-electron chi connectivity index (χ1n) is 8.70. The van der Waals surface area contributed by atoms with Crippen LogP contribution in [0.15, 0.2) is 53.7 Å². The summed E-state index contributed by atoms with van der Waals surface area (Å²) in [4.78, 5) is 14.0. The van der Waals surface area contributed by atoms with E-state index in [1.807, 2.05) is 49.2 Å². The number of nitrogens with zero attached hydrogens (tertiary/aromatic N) is 1. The molecule has 0 aromatic heterocycles. The van der Waals surface area contributed by atoms with Crippen LogP contribution in [-0.4, -0.2) is 22.8 Å². The summed E-state index contributed by atoms with van der Waals surface area (Å²) in [6, 6.07) is 12.6. The van der Waals surface area contributed by atoms with Crippen molar-refractivity contribution in [3.8, 4) is 5.75 Å². The van der Waals surface area contributed by atoms with Gasteiger partial charge in [0.1, 0.15) is 12.4 Å². The molecule has 1 heterocycles. The summed E-state index contributed by atoms with van der Waals surface area (Å²) in [6.45, 7) is 3.82. The highest BCUT2D eigenvalue weighted by Gasteiger charge is 2.30. The van der Waals surface area contributed by atoms with E-state index in [1.54, 1.807) is 19.1 Å². The van der Waals surface area contributed by atoms with Gasteiger partial charge in [0.2, 0.25) is 0 Å². The SMILES string of the molecule is CC(=O)C1=C(C)N(C)C(=S)NC1c1ccc(OCc2ccc(Cl)cc2Cl)cc1. The van der Waals surface area contributed by atoms with Gasteiger partial charge in [-0.3, -0.25) is 4.79 Å². The predicted octanol–water partition coefficient (Wildman–Crippen LogP) is 5.30. The smallest absolute Gasteiger partial charge is 0.173 e. The van der Waals surface area contributed by atoms with Crippen LogP contribution in [0.1, 0.15) is 31.0 Å². The van der Waals surface area contributed by atoms with Gasteiger partial charge in [0, 0.05) is 33.9 Å². The molecule has 0 amide bonds. The molecule has 146 valence electrons. The Morgan fingerprint density at radius 2 is 1.89 bits per heavy atom. The van der Waals surface area contributed by atoms with Crippen molar-refractivity contribution in [1.29, 1.82) is 0 Å². The van der Waals surface area contributed by atoms with Crippen molar-refractivity contribution >= 4 is 46.3 Å². The Morgan fingerprint density at radius 3 is 2.50 bits per heavy atom. The van der Waals surface area contributed by atoms with Gasteiger partial charge >= 0.3 is 0 Å². The van der Waals surface area contributed by atoms with Gasteiger partial charge in [-0.2, -0.15) is 0 Å². The molecule has 1 atom stereocenters. The molecule has 1 unspecified atom stereocenters. The van der Waals surface area contributed by atoms with Crippen LogP contribution in [0.5, 0.6) is 5.75 Å². The van der Waals surface area contributed by atoms with E-state index in [9.17, 15) is 4.79 Å². The maximum atomic E-state index is 12.2. The number of benzene rings is 2. The van der Waals surface area contributed by atoms with Crippen LogP contribution in [-0.2, 0) is 11.4 Å². The van der Waals surface area contributed by atoms with E-state index in [2.05, 4.69) is 5.32 Å². The molecule has 28 heavy (non-hydrogen) atoms. The molecule has 4 nitrogen and oxygen atoms in total. The lowest BCUT2D eigenvalue weighted by Crippen LogP contribution is -2.45. The van der Waals surface area contributed by atoms with Crippen LogP contribution in [0.25, 0.3) is 0 Å². The van der Waals surface area contributed by atoms with Crippen molar-refractivity contribution in [3.63, 3.8) is 0 Å². The Kier molecular flexibility index (Phi) is 6.28. The molecule has 0 spiro atoms. The maximum Gasteiger partial charge on any atom is 0.173 e. The average molecular weight is 435 g/mol. The van der Waals surface area contributed by atoms with Gasteiger partial charge in [0.05, 0.1) is 6.04 Å². The minimum Gasteiger partial charge on any atom is -0.489 e. The van der Waals surface area contributed by atoms with Crippen molar-refractivity contribution in [1.82, 2.24) is 10.2 Å². The summed E-state index contributed by atoms with van der Waals surface area (Å²) in [5, 5.41) is 4.99. The molecule has 3 rings (SSSR count). The number of ether oxygens (including phenoxy) is 1. The van der Waals surface area contributed by atoms with Crippen molar-refractivity contribution in [2.45, 2.75) is 26.5 Å². The molecule has 2 aromatic carbocycles. The number of thiocarbonyl (C=S) groups is 1. The van der Waals surface area contributed by atoms with E-state index < -0.39 is 0 Å². The first kappa shape index (κ1) is 20.6. The monoisotopic (exact) mass is 434 g/mol. The molecular weight excluding hydrogens is 415 g/mol. The molecule has 0 saturated carbocycles. The second kappa shape index (κ2) is 8.52. The molecule has 7 heteroatoms. The Hall–Kier alpha value is -2.08. The van der Waals surface area contributed by atoms with Gasteiger partial charge < -0.3 is 15.0 Å². The van der Waals surface area contributed by atoms with Crippen molar-refractivity contribution in [2.75, 3.05) is 7.05 Å². The highest BCUT2D eigenvalue weighted by atomic mass is 35.5. The van der Waals surface area contributed by atoms with Crippen LogP contribution in [0.4, 0.5) is 0 Å². The summed E-state index contributed by atoms with van der Waals surface area (Å²) in [7, 11) is 1.85. The normalized spacial score (nSPS) is 16.8. The van der Waals surface area contributed by atoms with Gasteiger partial charge in [0.25, 0.3) is 0 Å². The lowest BCUT2D eigenvalue weighted by atomic mass is 9.92. The van der Waals surface area contributed by atoms with E-state index >= 15 is 0 Å². The quantitative estimate of drug-likeness (QED) is 0.646. The Balaban J connectivity index is 1.78. The fourth-order valence-electron chi connectivity index (χ4n) is 3.10. The third kappa shape index (κ3) is 4.32. The Labute approximate surface area is 180 Å². The summed E-state index contributed by atoms with van der Waals surface area (Å²) in [5.41, 5.74) is 3.36. The van der Waals surface area contributed by atoms with E-state index in [0.717, 1.165) is 16.8 Å². The third-order valence-electron chi connectivity index (χ3n) is 4.76. The molecule has 0 fully saturated rings. The fourth-order valence-corrected chi connectivity index (χ4v) is 3.82. The van der Waals surface area contributed by atoms with Crippen LogP contribution >= 0.6 is 35.4 Å². The molecule has 1 N–H and O–H groups in total. The second-order valence-corrected chi connectivity index (χ2v) is 7.82. The topological polar surface area (TPSA) is 41.6 Å². The lowest BCUT2D eigenvalue weighted by Gasteiger charge is -2.35. The minimum atomic E-state index is -0.277.